The largest absolute Gasteiger partial charge is 0.493 e. The molecule has 0 saturated heterocycles. The molecule has 0 bridgehead atoms. The van der Waals surface area contributed by atoms with E-state index in [-0.39, 0.29) is 23.8 Å². The highest BCUT2D eigenvalue weighted by Gasteiger charge is 2.44. The van der Waals surface area contributed by atoms with Crippen LogP contribution in [0.3, 0.4) is 0 Å². The van der Waals surface area contributed by atoms with Gasteiger partial charge in [-0.25, -0.2) is 9.88 Å². The number of aliphatic carboxylic acids is 1. The Morgan fingerprint density at radius 1 is 1.24 bits per heavy atom. The molecular weight excluding hydrogens is 401 g/mol. The Balaban J connectivity index is 3.24. The number of methoxy groups -OCH3 is 3. The van der Waals surface area contributed by atoms with Gasteiger partial charge >= 0.3 is 19.5 Å². The highest BCUT2D eigenvalue weighted by Crippen LogP contribution is 2.48. The van der Waals surface area contributed by atoms with Gasteiger partial charge in [-0.1, -0.05) is 19.9 Å². The maximum absolute atomic E-state index is 13.4. The molecule has 29 heavy (non-hydrogen) atoms. The van der Waals surface area contributed by atoms with Crippen LogP contribution >= 0.6 is 7.52 Å². The third kappa shape index (κ3) is 6.59. The molecule has 1 aromatic rings. The number of hydrogen-bond acceptors (Lipinski definition) is 7. The van der Waals surface area contributed by atoms with Crippen LogP contribution in [0.5, 0.6) is 11.5 Å². The average molecular weight is 429 g/mol. The summed E-state index contributed by atoms with van der Waals surface area (Å²) in [4.78, 5) is 23.0. The van der Waals surface area contributed by atoms with E-state index in [1.165, 1.54) is 46.5 Å². The first-order valence-electron chi connectivity index (χ1n) is 8.75. The number of hydrogen-bond donors (Lipinski definition) is 2. The fraction of sp³-hybridized carbons (Fsp3) is 0.474. The molecule has 2 unspecified atom stereocenters. The number of esters is 1. The molecule has 2 atom stereocenters. The number of carboxylic acids is 1. The van der Waals surface area contributed by atoms with Crippen LogP contribution in [-0.4, -0.2) is 50.3 Å². The van der Waals surface area contributed by atoms with Crippen molar-refractivity contribution in [2.75, 3.05) is 27.7 Å². The number of benzene rings is 1. The predicted molar refractivity (Wildman–Crippen MR) is 108 cm³/mol. The summed E-state index contributed by atoms with van der Waals surface area (Å²) in [6.07, 6.45) is 2.41. The summed E-state index contributed by atoms with van der Waals surface area (Å²) in [6.45, 7) is 4.83. The Labute approximate surface area is 170 Å². The zero-order valence-electron chi connectivity index (χ0n) is 17.4. The van der Waals surface area contributed by atoms with Gasteiger partial charge in [-0.2, -0.15) is 0 Å². The first-order chi connectivity index (χ1) is 13.5. The minimum atomic E-state index is -3.79. The summed E-state index contributed by atoms with van der Waals surface area (Å²) in [5.74, 6) is -1.69. The standard InChI is InChI=1S/C19H28NO8P/c1-13(2)19(3,18(22)23)20-29(24,12-25-4)28-15-9-7-14(11-16(15)26-5)8-10-17(21)27-6/h7-11,13H,12H2,1-6H3,(H,20,24)(H,22,23)/b10-8+. The zero-order valence-corrected chi connectivity index (χ0v) is 18.3. The van der Waals surface area contributed by atoms with Crippen molar-refractivity contribution in [2.45, 2.75) is 26.3 Å². The summed E-state index contributed by atoms with van der Waals surface area (Å²) in [6, 6.07) is 4.70. The lowest BCUT2D eigenvalue weighted by atomic mass is 9.90. The summed E-state index contributed by atoms with van der Waals surface area (Å²) in [7, 11) is 0.223. The van der Waals surface area contributed by atoms with Gasteiger partial charge in [0.25, 0.3) is 0 Å². The molecule has 1 rings (SSSR count). The van der Waals surface area contributed by atoms with Crippen LogP contribution in [0.2, 0.25) is 0 Å². The van der Waals surface area contributed by atoms with E-state index in [1.54, 1.807) is 26.0 Å². The Hall–Kier alpha value is -2.35. The van der Waals surface area contributed by atoms with Gasteiger partial charge < -0.3 is 23.8 Å². The highest BCUT2D eigenvalue weighted by molar-refractivity contribution is 7.57. The second kappa shape index (κ2) is 10.4. The Bertz CT molecular complexity index is 807. The number of rotatable bonds is 11. The smallest absolute Gasteiger partial charge is 0.343 e. The Kier molecular flexibility index (Phi) is 8.88. The minimum absolute atomic E-state index is 0.132. The van der Waals surface area contributed by atoms with Crippen LogP contribution in [0.4, 0.5) is 0 Å². The van der Waals surface area contributed by atoms with Crippen LogP contribution in [0.15, 0.2) is 24.3 Å². The van der Waals surface area contributed by atoms with E-state index in [9.17, 15) is 19.3 Å². The fourth-order valence-electron chi connectivity index (χ4n) is 2.28. The van der Waals surface area contributed by atoms with Crippen LogP contribution in [0.1, 0.15) is 26.3 Å². The van der Waals surface area contributed by atoms with Crippen molar-refractivity contribution in [2.24, 2.45) is 5.92 Å². The number of carbonyl (C=O) groups is 2. The third-order valence-electron chi connectivity index (χ3n) is 4.35. The van der Waals surface area contributed by atoms with Gasteiger partial charge in [0.15, 0.2) is 11.5 Å². The van der Waals surface area contributed by atoms with Gasteiger partial charge in [0.2, 0.25) is 0 Å². The van der Waals surface area contributed by atoms with Crippen molar-refractivity contribution in [3.8, 4) is 11.5 Å². The lowest BCUT2D eigenvalue weighted by Gasteiger charge is -2.34. The topological polar surface area (TPSA) is 120 Å². The van der Waals surface area contributed by atoms with E-state index in [2.05, 4.69) is 9.82 Å². The molecule has 0 heterocycles. The number of carbonyl (C=O) groups excluding carboxylic acids is 1. The fourth-order valence-corrected chi connectivity index (χ4v) is 4.32. The number of nitrogens with one attached hydrogen (secondary N) is 1. The first kappa shape index (κ1) is 24.7. The molecule has 0 fully saturated rings. The van der Waals surface area contributed by atoms with Gasteiger partial charge in [-0.3, -0.25) is 9.36 Å². The molecule has 0 spiro atoms. The molecular formula is C19H28NO8P. The molecule has 0 aliphatic rings. The Morgan fingerprint density at radius 2 is 1.90 bits per heavy atom. The predicted octanol–water partition coefficient (Wildman–Crippen LogP) is 3.15. The van der Waals surface area contributed by atoms with Gasteiger partial charge in [-0.05, 0) is 36.6 Å². The molecule has 0 aliphatic heterocycles. The lowest BCUT2D eigenvalue weighted by molar-refractivity contribution is -0.145. The number of ether oxygens (including phenoxy) is 3. The van der Waals surface area contributed by atoms with Crippen molar-refractivity contribution in [1.29, 1.82) is 0 Å². The Morgan fingerprint density at radius 3 is 2.38 bits per heavy atom. The van der Waals surface area contributed by atoms with Crippen LogP contribution in [0.25, 0.3) is 6.08 Å². The second-order valence-electron chi connectivity index (χ2n) is 6.72. The van der Waals surface area contributed by atoms with E-state index < -0.39 is 25.0 Å². The molecule has 0 aromatic heterocycles. The molecule has 0 amide bonds. The first-order valence-corrected chi connectivity index (χ1v) is 10.6. The molecule has 0 radical (unpaired) electrons. The van der Waals surface area contributed by atoms with Crippen molar-refractivity contribution >= 4 is 25.5 Å². The van der Waals surface area contributed by atoms with Crippen molar-refractivity contribution in [1.82, 2.24) is 5.09 Å². The monoisotopic (exact) mass is 429 g/mol. The van der Waals surface area contributed by atoms with Crippen LogP contribution < -0.4 is 14.3 Å². The van der Waals surface area contributed by atoms with Crippen molar-refractivity contribution in [3.05, 3.63) is 29.8 Å². The number of carboxylic acid groups (broad SMARTS) is 1. The SMILES string of the molecule is COCP(=O)(NC(C)(C(=O)O)C(C)C)Oc1ccc(/C=C/C(=O)OC)cc1OC. The van der Waals surface area contributed by atoms with E-state index in [0.717, 1.165) is 0 Å². The molecule has 0 aliphatic carbocycles. The summed E-state index contributed by atoms with van der Waals surface area (Å²) < 4.78 is 33.9. The van der Waals surface area contributed by atoms with E-state index in [0.29, 0.717) is 5.56 Å². The third-order valence-corrected chi connectivity index (χ3v) is 6.24. The van der Waals surface area contributed by atoms with Gasteiger partial charge in [0.05, 0.1) is 14.2 Å². The lowest BCUT2D eigenvalue weighted by Crippen LogP contribution is -2.52. The maximum atomic E-state index is 13.4. The van der Waals surface area contributed by atoms with Crippen molar-refractivity contribution < 1.29 is 38.0 Å². The molecule has 0 saturated carbocycles. The summed E-state index contributed by atoms with van der Waals surface area (Å²) >= 11 is 0. The zero-order chi connectivity index (χ0) is 22.2. The van der Waals surface area contributed by atoms with Gasteiger partial charge in [-0.15, -0.1) is 0 Å². The van der Waals surface area contributed by atoms with Gasteiger partial charge in [0, 0.05) is 13.2 Å². The normalized spacial score (nSPS) is 15.6. The van der Waals surface area contributed by atoms with Crippen LogP contribution in [0, 0.1) is 5.92 Å². The quantitative estimate of drug-likeness (QED) is 0.310. The maximum Gasteiger partial charge on any atom is 0.343 e. The molecule has 9 nitrogen and oxygen atoms in total. The van der Waals surface area contributed by atoms with E-state index in [4.69, 9.17) is 14.0 Å². The van der Waals surface area contributed by atoms with Crippen molar-refractivity contribution in [3.63, 3.8) is 0 Å². The molecule has 162 valence electrons. The van der Waals surface area contributed by atoms with Gasteiger partial charge in [0.1, 0.15) is 11.9 Å². The minimum Gasteiger partial charge on any atom is -0.493 e. The molecule has 1 aromatic carbocycles. The van der Waals surface area contributed by atoms with E-state index in [1.807, 2.05) is 0 Å². The average Bonchev–Trinajstić information content (AvgIpc) is 2.66. The molecule has 10 heteroatoms. The highest BCUT2D eigenvalue weighted by atomic mass is 31.2. The van der Waals surface area contributed by atoms with E-state index >= 15 is 0 Å². The summed E-state index contributed by atoms with van der Waals surface area (Å²) in [5.41, 5.74) is -0.892. The summed E-state index contributed by atoms with van der Waals surface area (Å²) in [5, 5.41) is 12.3. The van der Waals surface area contributed by atoms with Crippen LogP contribution in [-0.2, 0) is 23.6 Å². The molecule has 2 N–H and O–H groups in total. The second-order valence-corrected chi connectivity index (χ2v) is 8.73.